The van der Waals surface area contributed by atoms with E-state index in [1.807, 2.05) is 30.3 Å². The Hall–Kier alpha value is -8.02. The summed E-state index contributed by atoms with van der Waals surface area (Å²) in [5, 5.41) is 8.75. The molecule has 0 radical (unpaired) electrons. The van der Waals surface area contributed by atoms with E-state index in [-0.39, 0.29) is 0 Å². The molecule has 4 aromatic heterocycles. The van der Waals surface area contributed by atoms with Crippen LogP contribution in [0, 0.1) is 0 Å². The highest BCUT2D eigenvalue weighted by molar-refractivity contribution is 6.22. The van der Waals surface area contributed by atoms with E-state index >= 15 is 0 Å². The molecule has 0 aliphatic carbocycles. The second kappa shape index (κ2) is 12.2. The van der Waals surface area contributed by atoms with E-state index in [2.05, 4.69) is 173 Å². The van der Waals surface area contributed by atoms with Gasteiger partial charge in [-0.3, -0.25) is 0 Å². The smallest absolute Gasteiger partial charge is 0.145 e. The molecule has 0 N–H and O–H groups in total. The molecular formula is C54H32N2O3. The lowest BCUT2D eigenvalue weighted by Gasteiger charge is -2.27. The van der Waals surface area contributed by atoms with Gasteiger partial charge in [-0.05, 0) is 96.6 Å². The Morgan fingerprint density at radius 2 is 0.881 bits per heavy atom. The summed E-state index contributed by atoms with van der Waals surface area (Å²) >= 11 is 0. The topological polar surface area (TPSA) is 47.6 Å². The summed E-state index contributed by atoms with van der Waals surface area (Å²) in [6.45, 7) is 0. The number of aromatic nitrogens is 1. The number of benzene rings is 9. The lowest BCUT2D eigenvalue weighted by Crippen LogP contribution is -2.10. The minimum atomic E-state index is 0.836. The average Bonchev–Trinajstić information content (AvgIpc) is 4.06. The van der Waals surface area contributed by atoms with Gasteiger partial charge < -0.3 is 22.7 Å². The standard InChI is InChI=1S/C54H32N2O3/c1-2-13-33(14-3-1)56-44-20-8-4-17-40(44)52-38(19-12-21-45(52)56)39-27-28-46(53-41-18-7-11-24-49(41)59-54(39)53)55(34-25-29-50-42(31-34)36-15-5-9-22-47(36)57-50)35-26-30-51-43(32-35)37-16-6-10-23-48(37)58-51/h1-32H. The Morgan fingerprint density at radius 1 is 0.339 bits per heavy atom. The Bertz CT molecular complexity index is 3690. The number of nitrogens with zero attached hydrogens (tertiary/aromatic N) is 2. The van der Waals surface area contributed by atoms with Gasteiger partial charge in [0.05, 0.1) is 22.1 Å². The van der Waals surface area contributed by atoms with Crippen molar-refractivity contribution in [2.24, 2.45) is 0 Å². The number of rotatable bonds is 5. The van der Waals surface area contributed by atoms with Gasteiger partial charge in [0, 0.05) is 60.3 Å². The Kier molecular flexibility index (Phi) is 6.66. The number of hydrogen-bond acceptors (Lipinski definition) is 4. The summed E-state index contributed by atoms with van der Waals surface area (Å²) in [6.07, 6.45) is 0. The largest absolute Gasteiger partial charge is 0.456 e. The van der Waals surface area contributed by atoms with E-state index < -0.39 is 0 Å². The van der Waals surface area contributed by atoms with Gasteiger partial charge in [-0.2, -0.15) is 0 Å². The summed E-state index contributed by atoms with van der Waals surface area (Å²) < 4.78 is 22.0. The zero-order valence-electron chi connectivity index (χ0n) is 31.6. The molecule has 4 heterocycles. The minimum absolute atomic E-state index is 0.836. The molecule has 0 aliphatic heterocycles. The normalized spacial score (nSPS) is 12.1. The number of furan rings is 3. The van der Waals surface area contributed by atoms with E-state index in [0.29, 0.717) is 0 Å². The summed E-state index contributed by atoms with van der Waals surface area (Å²) in [7, 11) is 0. The minimum Gasteiger partial charge on any atom is -0.456 e. The fourth-order valence-corrected chi connectivity index (χ4v) is 9.44. The van der Waals surface area contributed by atoms with Gasteiger partial charge in [0.25, 0.3) is 0 Å². The third kappa shape index (κ3) is 4.67. The number of fused-ring (bicyclic) bond motifs is 12. The summed E-state index contributed by atoms with van der Waals surface area (Å²) in [5.41, 5.74) is 13.7. The maximum atomic E-state index is 7.02. The fraction of sp³-hybridized carbons (Fsp3) is 0. The van der Waals surface area contributed by atoms with Crippen LogP contribution in [0.3, 0.4) is 0 Å². The summed E-state index contributed by atoms with van der Waals surface area (Å²) in [5.74, 6) is 0. The second-order valence-corrected chi connectivity index (χ2v) is 15.2. The van der Waals surface area contributed by atoms with Gasteiger partial charge in [-0.15, -0.1) is 0 Å². The van der Waals surface area contributed by atoms with E-state index in [4.69, 9.17) is 13.3 Å². The zero-order chi connectivity index (χ0) is 38.6. The van der Waals surface area contributed by atoms with Crippen LogP contribution in [-0.4, -0.2) is 4.57 Å². The van der Waals surface area contributed by atoms with Crippen molar-refractivity contribution in [1.29, 1.82) is 0 Å². The number of hydrogen-bond donors (Lipinski definition) is 0. The average molecular weight is 757 g/mol. The van der Waals surface area contributed by atoms with Crippen molar-refractivity contribution in [3.8, 4) is 16.8 Å². The van der Waals surface area contributed by atoms with E-state index in [1.54, 1.807) is 0 Å². The first-order valence-corrected chi connectivity index (χ1v) is 19.9. The van der Waals surface area contributed by atoms with Crippen LogP contribution in [0.5, 0.6) is 0 Å². The van der Waals surface area contributed by atoms with Gasteiger partial charge in [0.15, 0.2) is 0 Å². The first-order valence-electron chi connectivity index (χ1n) is 19.9. The molecule has 0 spiro atoms. The van der Waals surface area contributed by atoms with Crippen LogP contribution in [0.4, 0.5) is 17.1 Å². The lowest BCUT2D eigenvalue weighted by molar-refractivity contribution is 0.668. The van der Waals surface area contributed by atoms with Gasteiger partial charge in [-0.25, -0.2) is 0 Å². The van der Waals surface area contributed by atoms with Crippen LogP contribution < -0.4 is 4.90 Å². The van der Waals surface area contributed by atoms with E-state index in [9.17, 15) is 0 Å². The van der Waals surface area contributed by atoms with Crippen molar-refractivity contribution < 1.29 is 13.3 Å². The van der Waals surface area contributed by atoms with Gasteiger partial charge in [-0.1, -0.05) is 103 Å². The van der Waals surface area contributed by atoms with Crippen molar-refractivity contribution in [3.05, 3.63) is 194 Å². The Morgan fingerprint density at radius 3 is 1.56 bits per heavy atom. The lowest BCUT2D eigenvalue weighted by atomic mass is 9.96. The van der Waals surface area contributed by atoms with Crippen molar-refractivity contribution in [2.45, 2.75) is 0 Å². The molecule has 0 atom stereocenters. The van der Waals surface area contributed by atoms with Crippen molar-refractivity contribution >= 4 is 105 Å². The van der Waals surface area contributed by atoms with Gasteiger partial charge in [0.2, 0.25) is 0 Å². The molecule has 0 bridgehead atoms. The van der Waals surface area contributed by atoms with Crippen LogP contribution in [0.25, 0.3) is 104 Å². The molecule has 9 aromatic carbocycles. The highest BCUT2D eigenvalue weighted by Gasteiger charge is 2.25. The predicted octanol–water partition coefficient (Wildman–Crippen LogP) is 15.6. The highest BCUT2D eigenvalue weighted by atomic mass is 16.3. The van der Waals surface area contributed by atoms with Crippen LogP contribution in [0.1, 0.15) is 0 Å². The molecule has 0 amide bonds. The predicted molar refractivity (Wildman–Crippen MR) is 243 cm³/mol. The monoisotopic (exact) mass is 756 g/mol. The molecule has 13 aromatic rings. The summed E-state index contributed by atoms with van der Waals surface area (Å²) in [6, 6.07) is 68.3. The van der Waals surface area contributed by atoms with Gasteiger partial charge in [0.1, 0.15) is 33.5 Å². The van der Waals surface area contributed by atoms with E-state index in [1.165, 1.54) is 10.8 Å². The van der Waals surface area contributed by atoms with Crippen LogP contribution in [-0.2, 0) is 0 Å². The van der Waals surface area contributed by atoms with Crippen LogP contribution in [0.2, 0.25) is 0 Å². The Balaban J connectivity index is 1.12. The maximum absolute atomic E-state index is 7.02. The molecule has 5 heteroatoms. The summed E-state index contributed by atoms with van der Waals surface area (Å²) in [4.78, 5) is 2.36. The molecule has 0 aliphatic rings. The molecule has 0 saturated heterocycles. The number of para-hydroxylation sites is 5. The molecule has 276 valence electrons. The molecule has 13 rings (SSSR count). The van der Waals surface area contributed by atoms with E-state index in [0.717, 1.165) is 111 Å². The first kappa shape index (κ1) is 32.1. The third-order valence-corrected chi connectivity index (χ3v) is 12.0. The Labute approximate surface area is 337 Å². The quantitative estimate of drug-likeness (QED) is 0.175. The molecule has 59 heavy (non-hydrogen) atoms. The molecule has 0 fully saturated rings. The fourth-order valence-electron chi connectivity index (χ4n) is 9.44. The first-order chi connectivity index (χ1) is 29.3. The van der Waals surface area contributed by atoms with Gasteiger partial charge >= 0.3 is 0 Å². The van der Waals surface area contributed by atoms with Crippen LogP contribution >= 0.6 is 0 Å². The zero-order valence-corrected chi connectivity index (χ0v) is 31.6. The maximum Gasteiger partial charge on any atom is 0.145 e. The van der Waals surface area contributed by atoms with Crippen molar-refractivity contribution in [2.75, 3.05) is 4.90 Å². The molecule has 0 saturated carbocycles. The van der Waals surface area contributed by atoms with Crippen molar-refractivity contribution in [1.82, 2.24) is 4.57 Å². The SMILES string of the molecule is c1ccc(-n2c3ccccc3c3c(-c4ccc(N(c5ccc6oc7ccccc7c6c5)c5ccc6oc7ccccc7c6c5)c5c4oc4ccccc45)cccc32)cc1. The molecule has 5 nitrogen and oxygen atoms in total. The van der Waals surface area contributed by atoms with Crippen molar-refractivity contribution in [3.63, 3.8) is 0 Å². The highest BCUT2D eigenvalue weighted by Crippen LogP contribution is 2.49. The molecule has 0 unspecified atom stereocenters. The second-order valence-electron chi connectivity index (χ2n) is 15.2. The molecular weight excluding hydrogens is 725 g/mol. The number of anilines is 3. The third-order valence-electron chi connectivity index (χ3n) is 12.0. The van der Waals surface area contributed by atoms with Crippen LogP contribution in [0.15, 0.2) is 207 Å².